The van der Waals surface area contributed by atoms with Crippen LogP contribution in [0, 0.1) is 0 Å². The molecule has 0 aromatic rings. The van der Waals surface area contributed by atoms with Crippen LogP contribution in [0.15, 0.2) is 0 Å². The van der Waals surface area contributed by atoms with Crippen molar-refractivity contribution in [2.45, 2.75) is 161 Å². The average molecular weight is 505 g/mol. The molecule has 0 saturated heterocycles. The fraction of sp³-hybridized carbons (Fsp3) is 1.00. The molecule has 0 aliphatic rings. The van der Waals surface area contributed by atoms with Crippen molar-refractivity contribution in [3.63, 3.8) is 0 Å². The molecule has 0 bridgehead atoms. The Bertz CT molecular complexity index is 466. The maximum atomic E-state index is 14.0. The quantitative estimate of drug-likeness (QED) is 0.0824. The Labute approximate surface area is 244 Å². The van der Waals surface area contributed by atoms with Gasteiger partial charge >= 0.3 is 51.4 Å². The second kappa shape index (κ2) is 27.1. The summed E-state index contributed by atoms with van der Waals surface area (Å²) >= 11 is 0. The Morgan fingerprint density at radius 2 is 0.906 bits per heavy atom. The molecule has 0 rings (SSSR count). The Hall–Kier alpha value is 1.48. The molecule has 0 amide bonds. The molecule has 0 saturated carbocycles. The van der Waals surface area contributed by atoms with E-state index in [0.29, 0.717) is 12.8 Å². The van der Waals surface area contributed by atoms with Gasteiger partial charge in [-0.25, -0.2) is 4.39 Å². The minimum Gasteiger partial charge on any atom is -1.00 e. The molecule has 32 heavy (non-hydrogen) atoms. The number of hydrogen-bond acceptors (Lipinski definition) is 3. The van der Waals surface area contributed by atoms with Crippen LogP contribution in [0.4, 0.5) is 4.39 Å². The Morgan fingerprint density at radius 3 is 1.28 bits per heavy atom. The summed E-state index contributed by atoms with van der Waals surface area (Å²) in [6.45, 7) is 4.56. The normalized spacial score (nSPS) is 12.6. The zero-order valence-electron chi connectivity index (χ0n) is 22.9. The van der Waals surface area contributed by atoms with E-state index in [0.717, 1.165) is 32.1 Å². The molecule has 6 heteroatoms. The van der Waals surface area contributed by atoms with Gasteiger partial charge in [0.1, 0.15) is 0 Å². The molecule has 0 spiro atoms. The minimum absolute atomic E-state index is 0. The van der Waals surface area contributed by atoms with Crippen LogP contribution < -0.4 is 51.4 Å². The molecule has 0 aliphatic heterocycles. The van der Waals surface area contributed by atoms with E-state index in [2.05, 4.69) is 13.8 Å². The van der Waals surface area contributed by atoms with Gasteiger partial charge in [-0.1, -0.05) is 136 Å². The predicted molar refractivity (Wildman–Crippen MR) is 134 cm³/mol. The summed E-state index contributed by atoms with van der Waals surface area (Å²) in [7, 11) is -4.05. The van der Waals surface area contributed by atoms with Crippen molar-refractivity contribution >= 4 is 10.1 Å². The van der Waals surface area contributed by atoms with Gasteiger partial charge in [-0.3, -0.25) is 4.18 Å². The van der Waals surface area contributed by atoms with E-state index in [1.807, 2.05) is 0 Å². The van der Waals surface area contributed by atoms with Crippen LogP contribution in [0.2, 0.25) is 0 Å². The topological polar surface area (TPSA) is 43.4 Å². The molecule has 190 valence electrons. The summed E-state index contributed by atoms with van der Waals surface area (Å²) in [6, 6.07) is 0. The zero-order chi connectivity index (χ0) is 23.0. The molecule has 0 heterocycles. The number of rotatable bonds is 25. The summed E-state index contributed by atoms with van der Waals surface area (Å²) < 4.78 is 42.6. The third-order valence-electron chi connectivity index (χ3n) is 6.09. The summed E-state index contributed by atoms with van der Waals surface area (Å²) in [5, 5.41) is 0. The smallest absolute Gasteiger partial charge is 1.00 e. The fourth-order valence-electron chi connectivity index (χ4n) is 3.95. The van der Waals surface area contributed by atoms with E-state index in [4.69, 9.17) is 4.18 Å². The van der Waals surface area contributed by atoms with Gasteiger partial charge in [-0.15, -0.1) is 0 Å². The van der Waals surface area contributed by atoms with Crippen LogP contribution >= 0.6 is 0 Å². The van der Waals surface area contributed by atoms with Crippen molar-refractivity contribution in [1.82, 2.24) is 0 Å². The van der Waals surface area contributed by atoms with Crippen molar-refractivity contribution in [2.24, 2.45) is 0 Å². The molecule has 3 nitrogen and oxygen atoms in total. The Kier molecular flexibility index (Phi) is 30.1. The van der Waals surface area contributed by atoms with Gasteiger partial charge in [0.25, 0.3) is 10.1 Å². The fourth-order valence-corrected chi connectivity index (χ4v) is 4.90. The zero-order valence-corrected chi connectivity index (χ0v) is 25.8. The summed E-state index contributed by atoms with van der Waals surface area (Å²) in [5.74, 6) is 0. The number of hydrogen-bond donors (Lipinski definition) is 0. The third kappa shape index (κ3) is 24.6. The van der Waals surface area contributed by atoms with E-state index < -0.39 is 15.6 Å². The molecular formula is C26H54FKO3S. The average Bonchev–Trinajstić information content (AvgIpc) is 2.75. The second-order valence-corrected chi connectivity index (χ2v) is 11.0. The van der Waals surface area contributed by atoms with E-state index >= 15 is 0 Å². The molecule has 0 aromatic carbocycles. The van der Waals surface area contributed by atoms with Gasteiger partial charge in [0.2, 0.25) is 5.50 Å². The van der Waals surface area contributed by atoms with Gasteiger partial charge in [0.15, 0.2) is 0 Å². The molecule has 0 N–H and O–H groups in total. The molecule has 0 aromatic heterocycles. The van der Waals surface area contributed by atoms with Gasteiger partial charge in [-0.2, -0.15) is 8.42 Å². The third-order valence-corrected chi connectivity index (χ3v) is 7.45. The maximum Gasteiger partial charge on any atom is 1.00 e. The molecular weight excluding hydrogens is 450 g/mol. The van der Waals surface area contributed by atoms with Crippen LogP contribution in [0.25, 0.3) is 0 Å². The van der Waals surface area contributed by atoms with E-state index in [-0.39, 0.29) is 65.8 Å². The standard InChI is InChI=1S/C26H53FO3S.K.H/c1-3-5-7-9-11-12-13-14-15-16-17-19-21-23-25-30-31(28,29)26(27)24-22-20-18-10-8-6-4-2;;/h26H,3-25H2,1-2H3;;/q;+1;-1. The van der Waals surface area contributed by atoms with Crippen molar-refractivity contribution < 1.29 is 69.8 Å². The first kappa shape index (κ1) is 35.6. The molecule has 1 atom stereocenters. The van der Waals surface area contributed by atoms with E-state index in [9.17, 15) is 12.8 Å². The monoisotopic (exact) mass is 504 g/mol. The Balaban J connectivity index is -0.00000450. The van der Waals surface area contributed by atoms with E-state index in [1.54, 1.807) is 0 Å². The number of unbranched alkanes of at least 4 members (excludes halogenated alkanes) is 19. The van der Waals surface area contributed by atoms with Crippen molar-refractivity contribution in [1.29, 1.82) is 0 Å². The summed E-state index contributed by atoms with van der Waals surface area (Å²) in [6.07, 6.45) is 25.0. The van der Waals surface area contributed by atoms with Crippen molar-refractivity contribution in [3.8, 4) is 0 Å². The van der Waals surface area contributed by atoms with Crippen LogP contribution in [0.1, 0.15) is 157 Å². The molecule has 0 fully saturated rings. The molecule has 1 unspecified atom stereocenters. The first-order chi connectivity index (χ1) is 15.0. The summed E-state index contributed by atoms with van der Waals surface area (Å²) in [5.41, 5.74) is -1.87. The van der Waals surface area contributed by atoms with Crippen LogP contribution in [-0.4, -0.2) is 20.5 Å². The summed E-state index contributed by atoms with van der Waals surface area (Å²) in [4.78, 5) is 0. The predicted octanol–water partition coefficient (Wildman–Crippen LogP) is 6.37. The molecule has 0 aliphatic carbocycles. The largest absolute Gasteiger partial charge is 1.00 e. The van der Waals surface area contributed by atoms with Gasteiger partial charge < -0.3 is 1.43 Å². The molecule has 0 radical (unpaired) electrons. The van der Waals surface area contributed by atoms with Gasteiger partial charge in [-0.05, 0) is 19.3 Å². The van der Waals surface area contributed by atoms with Gasteiger partial charge in [0.05, 0.1) is 6.61 Å². The van der Waals surface area contributed by atoms with E-state index in [1.165, 1.54) is 89.9 Å². The first-order valence-corrected chi connectivity index (χ1v) is 15.0. The second-order valence-electron chi connectivity index (χ2n) is 9.23. The van der Waals surface area contributed by atoms with Crippen LogP contribution in [0.3, 0.4) is 0 Å². The van der Waals surface area contributed by atoms with Gasteiger partial charge in [0, 0.05) is 0 Å². The minimum atomic E-state index is -4.05. The Morgan fingerprint density at radius 1 is 0.594 bits per heavy atom. The van der Waals surface area contributed by atoms with Crippen LogP contribution in [0.5, 0.6) is 0 Å². The maximum absolute atomic E-state index is 14.0. The number of alkyl halides is 1. The number of halogens is 1. The van der Waals surface area contributed by atoms with Crippen LogP contribution in [-0.2, 0) is 14.3 Å². The van der Waals surface area contributed by atoms with Crippen molar-refractivity contribution in [2.75, 3.05) is 6.61 Å². The SMILES string of the molecule is CCCCCCCCCCCCCCCCOS(=O)(=O)C(F)CCCCCCCCC.[H-].[K+]. The first-order valence-electron chi connectivity index (χ1n) is 13.6. The van der Waals surface area contributed by atoms with Crippen molar-refractivity contribution in [3.05, 3.63) is 0 Å².